The van der Waals surface area contributed by atoms with Crippen molar-refractivity contribution in [3.05, 3.63) is 11.8 Å². The Hall–Kier alpha value is -2.18. The van der Waals surface area contributed by atoms with Crippen molar-refractivity contribution in [1.82, 2.24) is 5.32 Å². The van der Waals surface area contributed by atoms with Gasteiger partial charge in [-0.3, -0.25) is 0 Å². The summed E-state index contributed by atoms with van der Waals surface area (Å²) in [7, 11) is 0. The quantitative estimate of drug-likeness (QED) is 0.190. The number of ether oxygens (including phenoxy) is 1. The van der Waals surface area contributed by atoms with E-state index in [0.29, 0.717) is 0 Å². The van der Waals surface area contributed by atoms with Crippen LogP contribution in [0.4, 0.5) is 74.6 Å². The SMILES string of the molecule is CCN/C(=C\C(=O)OCC)C(F)(F)C(F)(F)C(F)(F)C(F)(F)C(F)(F)C(F)(F)C(F)(F)C(F)(F)F. The van der Waals surface area contributed by atoms with Crippen LogP contribution in [0, 0.1) is 0 Å². The second-order valence-electron chi connectivity index (χ2n) is 6.36. The fourth-order valence-electron chi connectivity index (χ4n) is 2.08. The molecule has 3 nitrogen and oxygen atoms in total. The third-order valence-corrected chi connectivity index (χ3v) is 3.98. The molecular formula is C15H12F17NO2. The van der Waals surface area contributed by atoms with Crippen LogP contribution in [0.25, 0.3) is 0 Å². The van der Waals surface area contributed by atoms with E-state index in [0.717, 1.165) is 19.2 Å². The molecule has 0 aliphatic heterocycles. The van der Waals surface area contributed by atoms with Gasteiger partial charge in [-0.15, -0.1) is 0 Å². The molecule has 0 aromatic rings. The first-order valence-electron chi connectivity index (χ1n) is 8.50. The van der Waals surface area contributed by atoms with Crippen LogP contribution in [0.5, 0.6) is 0 Å². The first-order valence-corrected chi connectivity index (χ1v) is 8.50. The Balaban J connectivity index is 6.96. The van der Waals surface area contributed by atoms with Gasteiger partial charge in [0.05, 0.1) is 12.3 Å². The summed E-state index contributed by atoms with van der Waals surface area (Å²) in [6.45, 7) is 0.109. The third kappa shape index (κ3) is 4.79. The minimum atomic E-state index is -8.72. The Morgan fingerprint density at radius 1 is 0.629 bits per heavy atom. The van der Waals surface area contributed by atoms with E-state index in [1.807, 2.05) is 0 Å². The Labute approximate surface area is 183 Å². The van der Waals surface area contributed by atoms with Crippen molar-refractivity contribution >= 4 is 5.97 Å². The van der Waals surface area contributed by atoms with Crippen LogP contribution in [0.3, 0.4) is 0 Å². The van der Waals surface area contributed by atoms with Crippen molar-refractivity contribution in [1.29, 1.82) is 0 Å². The Morgan fingerprint density at radius 3 is 1.29 bits per heavy atom. The van der Waals surface area contributed by atoms with Gasteiger partial charge in [0.2, 0.25) is 0 Å². The normalized spacial score (nSPS) is 15.8. The summed E-state index contributed by atoms with van der Waals surface area (Å²) < 4.78 is 230. The number of hydrogen-bond donors (Lipinski definition) is 1. The van der Waals surface area contributed by atoms with Crippen LogP contribution in [0.15, 0.2) is 11.8 Å². The molecule has 0 atom stereocenters. The zero-order chi connectivity index (χ0) is 28.7. The van der Waals surface area contributed by atoms with Crippen molar-refractivity contribution in [2.24, 2.45) is 0 Å². The molecule has 1 N–H and O–H groups in total. The molecule has 0 heterocycles. The first-order chi connectivity index (χ1) is 15.2. The highest BCUT2D eigenvalue weighted by Crippen LogP contribution is 2.64. The summed E-state index contributed by atoms with van der Waals surface area (Å²) in [6, 6.07) is 0. The van der Waals surface area contributed by atoms with Crippen molar-refractivity contribution in [2.75, 3.05) is 13.2 Å². The molecule has 0 amide bonds. The largest absolute Gasteiger partial charge is 0.463 e. The zero-order valence-electron chi connectivity index (χ0n) is 16.7. The molecule has 0 aromatic carbocycles. The highest BCUT2D eigenvalue weighted by Gasteiger charge is 2.95. The van der Waals surface area contributed by atoms with E-state index in [1.54, 1.807) is 0 Å². The highest BCUT2D eigenvalue weighted by molar-refractivity contribution is 5.83. The van der Waals surface area contributed by atoms with Gasteiger partial charge < -0.3 is 10.1 Å². The maximum atomic E-state index is 14.1. The second-order valence-corrected chi connectivity index (χ2v) is 6.36. The van der Waals surface area contributed by atoms with Gasteiger partial charge in [0, 0.05) is 12.6 Å². The first kappa shape index (κ1) is 32.8. The molecule has 0 radical (unpaired) electrons. The Bertz CT molecular complexity index is 800. The molecular weight excluding hydrogens is 549 g/mol. The Morgan fingerprint density at radius 2 is 0.971 bits per heavy atom. The van der Waals surface area contributed by atoms with Gasteiger partial charge in [-0.1, -0.05) is 0 Å². The predicted molar refractivity (Wildman–Crippen MR) is 79.1 cm³/mol. The second kappa shape index (κ2) is 9.36. The lowest BCUT2D eigenvalue weighted by Gasteiger charge is -2.43. The third-order valence-electron chi connectivity index (χ3n) is 3.98. The van der Waals surface area contributed by atoms with E-state index in [-0.39, 0.29) is 0 Å². The van der Waals surface area contributed by atoms with Crippen LogP contribution < -0.4 is 5.32 Å². The van der Waals surface area contributed by atoms with Crippen molar-refractivity contribution < 1.29 is 84.2 Å². The maximum Gasteiger partial charge on any atom is 0.460 e. The number of nitrogens with one attached hydrogen (secondary N) is 1. The van der Waals surface area contributed by atoms with E-state index in [4.69, 9.17) is 0 Å². The molecule has 0 aliphatic carbocycles. The summed E-state index contributed by atoms with van der Waals surface area (Å²) in [5.41, 5.74) is -2.71. The fourth-order valence-corrected chi connectivity index (χ4v) is 2.08. The van der Waals surface area contributed by atoms with Crippen LogP contribution >= 0.6 is 0 Å². The van der Waals surface area contributed by atoms with E-state index in [1.165, 1.54) is 0 Å². The van der Waals surface area contributed by atoms with Crippen LogP contribution in [0.2, 0.25) is 0 Å². The smallest absolute Gasteiger partial charge is 0.460 e. The summed E-state index contributed by atoms with van der Waals surface area (Å²) in [6.07, 6.45) is -8.56. The molecule has 0 aromatic heterocycles. The average Bonchev–Trinajstić information content (AvgIpc) is 2.65. The topological polar surface area (TPSA) is 38.3 Å². The minimum absolute atomic E-state index is 0.667. The molecule has 0 fully saturated rings. The van der Waals surface area contributed by atoms with Crippen LogP contribution in [-0.4, -0.2) is 66.8 Å². The number of halogens is 17. The van der Waals surface area contributed by atoms with Crippen LogP contribution in [-0.2, 0) is 9.53 Å². The van der Waals surface area contributed by atoms with Crippen molar-refractivity contribution in [2.45, 2.75) is 61.5 Å². The molecule has 0 rings (SSSR count). The molecule has 0 bridgehead atoms. The predicted octanol–water partition coefficient (Wildman–Crippen LogP) is 6.05. The fraction of sp³-hybridized carbons (Fsp3) is 0.800. The van der Waals surface area contributed by atoms with Gasteiger partial charge in [0.25, 0.3) is 0 Å². The van der Waals surface area contributed by atoms with Gasteiger partial charge in [-0.25, -0.2) is 4.79 Å². The standard InChI is InChI=1S/C15H12F17NO2/c1-3-33-6(5-7(34)35-4-2)8(16,17)9(18,19)10(20,21)11(22,23)12(24,25)13(26,27)14(28,29)15(30,31)32/h5,33H,3-4H2,1-2H3/b6-5-. The summed E-state index contributed by atoms with van der Waals surface area (Å²) in [5.74, 6) is -59.5. The number of alkyl halides is 17. The molecule has 20 heteroatoms. The van der Waals surface area contributed by atoms with Crippen molar-refractivity contribution in [3.8, 4) is 0 Å². The summed E-state index contributed by atoms with van der Waals surface area (Å²) in [4.78, 5) is 11.2. The minimum Gasteiger partial charge on any atom is -0.463 e. The molecule has 0 saturated carbocycles. The van der Waals surface area contributed by atoms with E-state index < -0.39 is 78.5 Å². The number of allylic oxidation sites excluding steroid dienone is 1. The Kier molecular flexibility index (Phi) is 8.78. The zero-order valence-corrected chi connectivity index (χ0v) is 16.7. The van der Waals surface area contributed by atoms with Crippen molar-refractivity contribution in [3.63, 3.8) is 0 Å². The molecule has 0 saturated heterocycles. The monoisotopic (exact) mass is 561 g/mol. The number of carbonyl (C=O) groups is 1. The van der Waals surface area contributed by atoms with Gasteiger partial charge in [-0.05, 0) is 13.8 Å². The lowest BCUT2D eigenvalue weighted by Crippen LogP contribution is -2.74. The highest BCUT2D eigenvalue weighted by atomic mass is 19.4. The molecule has 0 aliphatic rings. The average molecular weight is 561 g/mol. The number of hydrogen-bond acceptors (Lipinski definition) is 3. The van der Waals surface area contributed by atoms with Gasteiger partial charge >= 0.3 is 53.6 Å². The summed E-state index contributed by atoms with van der Waals surface area (Å²) >= 11 is 0. The lowest BCUT2D eigenvalue weighted by molar-refractivity contribution is -0.460. The number of esters is 1. The lowest BCUT2D eigenvalue weighted by atomic mass is 9.88. The van der Waals surface area contributed by atoms with E-state index in [9.17, 15) is 79.4 Å². The molecule has 35 heavy (non-hydrogen) atoms. The van der Waals surface area contributed by atoms with E-state index in [2.05, 4.69) is 4.74 Å². The number of carbonyl (C=O) groups excluding carboxylic acids is 1. The van der Waals surface area contributed by atoms with Gasteiger partial charge in [-0.2, -0.15) is 74.6 Å². The molecule has 208 valence electrons. The molecule has 0 unspecified atom stereocenters. The van der Waals surface area contributed by atoms with E-state index >= 15 is 0 Å². The van der Waals surface area contributed by atoms with Crippen LogP contribution in [0.1, 0.15) is 13.8 Å². The van der Waals surface area contributed by atoms with Gasteiger partial charge in [0.15, 0.2) is 0 Å². The van der Waals surface area contributed by atoms with Gasteiger partial charge in [0.1, 0.15) is 0 Å². The number of rotatable bonds is 11. The summed E-state index contributed by atoms with van der Waals surface area (Å²) in [5, 5.41) is 1.10. The molecule has 0 spiro atoms. The maximum absolute atomic E-state index is 14.1.